The molecule has 0 aliphatic rings. The number of carbonyl (C=O) groups is 3. The first-order valence-electron chi connectivity index (χ1n) is 5.19. The molecule has 2 amide bonds. The van der Waals surface area contributed by atoms with E-state index in [0.29, 0.717) is 12.3 Å². The van der Waals surface area contributed by atoms with Crippen LogP contribution in [0.2, 0.25) is 0 Å². The minimum Gasteiger partial charge on any atom is -0.330 e. The highest BCUT2D eigenvalue weighted by Gasteiger charge is 2.37. The molecule has 0 N–H and O–H groups in total. The molecule has 0 atom stereocenters. The van der Waals surface area contributed by atoms with Gasteiger partial charge in [0.15, 0.2) is 0 Å². The van der Waals surface area contributed by atoms with E-state index in [1.165, 1.54) is 0 Å². The van der Waals surface area contributed by atoms with Crippen LogP contribution in [0, 0.1) is 0 Å². The van der Waals surface area contributed by atoms with Crippen molar-refractivity contribution in [2.24, 2.45) is 0 Å². The van der Waals surface area contributed by atoms with Gasteiger partial charge in [0.1, 0.15) is 0 Å². The van der Waals surface area contributed by atoms with Crippen LogP contribution in [-0.4, -0.2) is 27.8 Å². The Morgan fingerprint density at radius 2 is 1.85 bits per heavy atom. The van der Waals surface area contributed by atoms with Crippen molar-refractivity contribution in [3.63, 3.8) is 0 Å². The molecule has 1 aromatic rings. The fraction of sp³-hybridized carbons (Fsp3) is 0.273. The average molecular weight is 290 g/mol. The van der Waals surface area contributed by atoms with Crippen LogP contribution in [-0.2, 0) is 20.6 Å². The highest BCUT2D eigenvalue weighted by molar-refractivity contribution is 6.04. The molecule has 0 unspecified atom stereocenters. The highest BCUT2D eigenvalue weighted by atomic mass is 19.4. The van der Waals surface area contributed by atoms with E-state index >= 15 is 0 Å². The Morgan fingerprint density at radius 1 is 1.25 bits per heavy atom. The van der Waals surface area contributed by atoms with Crippen molar-refractivity contribution in [2.75, 3.05) is 0 Å². The quantitative estimate of drug-likeness (QED) is 0.734. The van der Waals surface area contributed by atoms with Gasteiger partial charge in [-0.15, -0.1) is 0 Å². The van der Waals surface area contributed by atoms with E-state index in [9.17, 15) is 27.6 Å². The normalized spacial score (nSPS) is 10.8. The first-order chi connectivity index (χ1) is 9.14. The van der Waals surface area contributed by atoms with Gasteiger partial charge in [0.05, 0.1) is 11.1 Å². The van der Waals surface area contributed by atoms with Crippen molar-refractivity contribution < 1.29 is 32.4 Å². The topological polar surface area (TPSA) is 76.6 Å². The number of amides is 2. The summed E-state index contributed by atoms with van der Waals surface area (Å²) in [4.78, 5) is 41.5. The van der Waals surface area contributed by atoms with Gasteiger partial charge >= 0.3 is 12.1 Å². The summed E-state index contributed by atoms with van der Waals surface area (Å²) in [5.41, 5.74) is -2.17. The summed E-state index contributed by atoms with van der Waals surface area (Å²) >= 11 is 0. The van der Waals surface area contributed by atoms with Crippen molar-refractivity contribution in [3.8, 4) is 0 Å². The van der Waals surface area contributed by atoms with Crippen LogP contribution in [0.15, 0.2) is 18.5 Å². The lowest BCUT2D eigenvalue weighted by molar-refractivity contribution is -0.183. The molecule has 0 fully saturated rings. The first-order valence-corrected chi connectivity index (χ1v) is 5.19. The van der Waals surface area contributed by atoms with Crippen LogP contribution in [0.4, 0.5) is 13.2 Å². The van der Waals surface area contributed by atoms with E-state index < -0.39 is 35.1 Å². The Kier molecular flexibility index (Phi) is 4.43. The first kappa shape index (κ1) is 15.6. The summed E-state index contributed by atoms with van der Waals surface area (Å²) in [7, 11) is 0. The van der Waals surface area contributed by atoms with Gasteiger partial charge in [-0.1, -0.05) is 5.06 Å². The number of hydrogen-bond acceptors (Lipinski definition) is 5. The molecule has 0 saturated heterocycles. The lowest BCUT2D eigenvalue weighted by atomic mass is 10.1. The molecule has 0 aliphatic heterocycles. The van der Waals surface area contributed by atoms with Crippen molar-refractivity contribution in [1.29, 1.82) is 0 Å². The van der Waals surface area contributed by atoms with Crippen molar-refractivity contribution in [1.82, 2.24) is 10.0 Å². The average Bonchev–Trinajstić information content (AvgIpc) is 2.33. The molecule has 0 saturated carbocycles. The second-order valence-corrected chi connectivity index (χ2v) is 3.62. The molecule has 0 aromatic carbocycles. The minimum absolute atomic E-state index is 0.0470. The zero-order valence-corrected chi connectivity index (χ0v) is 10.4. The van der Waals surface area contributed by atoms with Crippen molar-refractivity contribution in [2.45, 2.75) is 20.0 Å². The van der Waals surface area contributed by atoms with E-state index in [0.717, 1.165) is 20.0 Å². The molecule has 20 heavy (non-hydrogen) atoms. The van der Waals surface area contributed by atoms with E-state index in [1.54, 1.807) is 0 Å². The lowest BCUT2D eigenvalue weighted by Gasteiger charge is -2.18. The fourth-order valence-corrected chi connectivity index (χ4v) is 1.30. The van der Waals surface area contributed by atoms with Gasteiger partial charge in [0, 0.05) is 26.2 Å². The van der Waals surface area contributed by atoms with Gasteiger partial charge in [0.2, 0.25) is 0 Å². The molecule has 9 heteroatoms. The SMILES string of the molecule is CC(=O)ON(C(C)=O)C(=O)c1cnccc1C(F)(F)F. The maximum Gasteiger partial charge on any atom is 0.417 e. The molecule has 1 aromatic heterocycles. The van der Waals surface area contributed by atoms with E-state index in [1.807, 2.05) is 0 Å². The van der Waals surface area contributed by atoms with Crippen LogP contribution in [0.3, 0.4) is 0 Å². The number of aromatic nitrogens is 1. The second kappa shape index (κ2) is 5.68. The van der Waals surface area contributed by atoms with Gasteiger partial charge in [0.25, 0.3) is 11.8 Å². The third-order valence-electron chi connectivity index (χ3n) is 2.05. The summed E-state index contributed by atoms with van der Waals surface area (Å²) in [6.07, 6.45) is -3.32. The molecule has 108 valence electrons. The number of halogens is 3. The number of imide groups is 1. The predicted octanol–water partition coefficient (Wildman–Crippen LogP) is 1.57. The maximum absolute atomic E-state index is 12.7. The summed E-state index contributed by atoms with van der Waals surface area (Å²) in [6.45, 7) is 1.77. The third-order valence-corrected chi connectivity index (χ3v) is 2.05. The van der Waals surface area contributed by atoms with Crippen LogP contribution >= 0.6 is 0 Å². The van der Waals surface area contributed by atoms with Crippen LogP contribution < -0.4 is 0 Å². The van der Waals surface area contributed by atoms with Gasteiger partial charge in [-0.05, 0) is 6.07 Å². The Hall–Kier alpha value is -2.45. The van der Waals surface area contributed by atoms with E-state index in [-0.39, 0.29) is 5.06 Å². The molecule has 0 aliphatic carbocycles. The zero-order chi connectivity index (χ0) is 15.5. The van der Waals surface area contributed by atoms with Crippen LogP contribution in [0.5, 0.6) is 0 Å². The van der Waals surface area contributed by atoms with Crippen LogP contribution in [0.1, 0.15) is 29.8 Å². The standard InChI is InChI=1S/C11H9F3N2O4/c1-6(17)16(20-7(2)18)10(19)8-5-15-4-3-9(8)11(12,13)14/h3-5H,1-2H3. The van der Waals surface area contributed by atoms with Gasteiger partial charge in [-0.25, -0.2) is 4.79 Å². The Morgan fingerprint density at radius 3 is 2.30 bits per heavy atom. The van der Waals surface area contributed by atoms with Gasteiger partial charge in [-0.2, -0.15) is 13.2 Å². The third kappa shape index (κ3) is 3.53. The summed E-state index contributed by atoms with van der Waals surface area (Å²) < 4.78 is 38.2. The second-order valence-electron chi connectivity index (χ2n) is 3.62. The Bertz CT molecular complexity index is 557. The van der Waals surface area contributed by atoms with Gasteiger partial charge < -0.3 is 4.84 Å². The molecular formula is C11H9F3N2O4. The number of alkyl halides is 3. The number of rotatable bonds is 1. The molecule has 0 radical (unpaired) electrons. The predicted molar refractivity (Wildman–Crippen MR) is 57.9 cm³/mol. The summed E-state index contributed by atoms with van der Waals surface area (Å²) in [5.74, 6) is -3.48. The number of pyridine rings is 1. The number of hydroxylamine groups is 2. The maximum atomic E-state index is 12.7. The summed E-state index contributed by atoms with van der Waals surface area (Å²) in [5, 5.41) is -0.0470. The smallest absolute Gasteiger partial charge is 0.330 e. The number of nitrogens with zero attached hydrogens (tertiary/aromatic N) is 2. The van der Waals surface area contributed by atoms with Crippen molar-refractivity contribution in [3.05, 3.63) is 29.6 Å². The molecule has 6 nitrogen and oxygen atoms in total. The molecule has 1 heterocycles. The fourth-order valence-electron chi connectivity index (χ4n) is 1.30. The molecule has 0 bridgehead atoms. The van der Waals surface area contributed by atoms with Gasteiger partial charge in [-0.3, -0.25) is 14.6 Å². The van der Waals surface area contributed by atoms with E-state index in [2.05, 4.69) is 9.82 Å². The van der Waals surface area contributed by atoms with E-state index in [4.69, 9.17) is 0 Å². The Balaban J connectivity index is 3.26. The lowest BCUT2D eigenvalue weighted by Crippen LogP contribution is -2.37. The number of hydrogen-bond donors (Lipinski definition) is 0. The molecule has 1 rings (SSSR count). The highest BCUT2D eigenvalue weighted by Crippen LogP contribution is 2.32. The van der Waals surface area contributed by atoms with Crippen LogP contribution in [0.25, 0.3) is 0 Å². The zero-order valence-electron chi connectivity index (χ0n) is 10.4. The Labute approximate surface area is 111 Å². The minimum atomic E-state index is -4.81. The summed E-state index contributed by atoms with van der Waals surface area (Å²) in [6, 6.07) is 0.583. The largest absolute Gasteiger partial charge is 0.417 e. The molecular weight excluding hydrogens is 281 g/mol. The monoisotopic (exact) mass is 290 g/mol. The van der Waals surface area contributed by atoms with Crippen molar-refractivity contribution >= 4 is 17.8 Å². The molecule has 0 spiro atoms. The number of carbonyl (C=O) groups excluding carboxylic acids is 3.